The second kappa shape index (κ2) is 9.34. The Bertz CT molecular complexity index is 1290. The van der Waals surface area contributed by atoms with Crippen molar-refractivity contribution in [1.29, 1.82) is 0 Å². The molecular weight excluding hydrogens is 404 g/mol. The molecule has 0 saturated carbocycles. The summed E-state index contributed by atoms with van der Waals surface area (Å²) in [5, 5.41) is 4.08. The summed E-state index contributed by atoms with van der Waals surface area (Å²) in [6.45, 7) is 1.99. The van der Waals surface area contributed by atoms with Crippen LogP contribution in [0.3, 0.4) is 0 Å². The quantitative estimate of drug-likeness (QED) is 0.340. The molecule has 0 aliphatic rings. The zero-order valence-corrected chi connectivity index (χ0v) is 18.2. The average molecular weight is 428 g/mol. The van der Waals surface area contributed by atoms with Crippen LogP contribution < -0.4 is 14.9 Å². The van der Waals surface area contributed by atoms with Crippen LogP contribution in [0.4, 0.5) is 0 Å². The van der Waals surface area contributed by atoms with Gasteiger partial charge in [0.2, 0.25) is 0 Å². The second-order valence-corrected chi connectivity index (χ2v) is 7.34. The Morgan fingerprint density at radius 2 is 1.88 bits per heavy atom. The first-order valence-corrected chi connectivity index (χ1v) is 10.2. The lowest BCUT2D eigenvalue weighted by Gasteiger charge is -2.08. The lowest BCUT2D eigenvalue weighted by atomic mass is 10.1. The van der Waals surface area contributed by atoms with Crippen LogP contribution in [0.1, 0.15) is 32.9 Å². The predicted molar refractivity (Wildman–Crippen MR) is 125 cm³/mol. The Labute approximate surface area is 186 Å². The minimum absolute atomic E-state index is 0.284. The minimum atomic E-state index is -0.284. The first-order valence-electron chi connectivity index (χ1n) is 10.2. The van der Waals surface area contributed by atoms with Crippen molar-refractivity contribution in [3.05, 3.63) is 88.7 Å². The first kappa shape index (κ1) is 21.1. The third kappa shape index (κ3) is 4.62. The SMILES string of the molecule is COc1ccc(Cc2nc3ccc(C(=O)N/N=C\c4ccccc4C)cc3[nH]2)cc1OC. The van der Waals surface area contributed by atoms with Gasteiger partial charge in [-0.05, 0) is 53.9 Å². The fourth-order valence-electron chi connectivity index (χ4n) is 3.43. The number of H-pyrrole nitrogens is 1. The number of rotatable bonds is 7. The van der Waals surface area contributed by atoms with Crippen molar-refractivity contribution >= 4 is 23.2 Å². The van der Waals surface area contributed by atoms with Crippen LogP contribution in [0, 0.1) is 6.92 Å². The summed E-state index contributed by atoms with van der Waals surface area (Å²) >= 11 is 0. The van der Waals surface area contributed by atoms with Gasteiger partial charge in [-0.1, -0.05) is 30.3 Å². The number of amides is 1. The molecule has 0 aliphatic heterocycles. The topological polar surface area (TPSA) is 88.6 Å². The van der Waals surface area contributed by atoms with E-state index in [4.69, 9.17) is 9.47 Å². The van der Waals surface area contributed by atoms with E-state index in [9.17, 15) is 4.79 Å². The number of hydrazone groups is 1. The Morgan fingerprint density at radius 1 is 1.06 bits per heavy atom. The molecule has 0 atom stereocenters. The number of nitrogens with one attached hydrogen (secondary N) is 2. The molecule has 3 aromatic carbocycles. The number of fused-ring (bicyclic) bond motifs is 1. The minimum Gasteiger partial charge on any atom is -0.493 e. The number of ether oxygens (including phenoxy) is 2. The molecule has 1 heterocycles. The first-order chi connectivity index (χ1) is 15.6. The summed E-state index contributed by atoms with van der Waals surface area (Å²) in [5.41, 5.74) is 7.74. The number of aromatic amines is 1. The highest BCUT2D eigenvalue weighted by Gasteiger charge is 2.11. The number of hydrogen-bond acceptors (Lipinski definition) is 5. The third-order valence-electron chi connectivity index (χ3n) is 5.17. The van der Waals surface area contributed by atoms with Crippen molar-refractivity contribution in [1.82, 2.24) is 15.4 Å². The fraction of sp³-hybridized carbons (Fsp3) is 0.160. The van der Waals surface area contributed by atoms with E-state index in [1.54, 1.807) is 32.6 Å². The maximum absolute atomic E-state index is 12.5. The molecule has 2 N–H and O–H groups in total. The molecule has 7 heteroatoms. The molecule has 4 rings (SSSR count). The molecule has 4 aromatic rings. The highest BCUT2D eigenvalue weighted by Crippen LogP contribution is 2.28. The Morgan fingerprint density at radius 3 is 2.66 bits per heavy atom. The number of aromatic nitrogens is 2. The van der Waals surface area contributed by atoms with Gasteiger partial charge in [0.15, 0.2) is 11.5 Å². The van der Waals surface area contributed by atoms with Crippen molar-refractivity contribution in [2.45, 2.75) is 13.3 Å². The highest BCUT2D eigenvalue weighted by molar-refractivity contribution is 5.97. The molecule has 0 bridgehead atoms. The molecule has 7 nitrogen and oxygen atoms in total. The summed E-state index contributed by atoms with van der Waals surface area (Å²) < 4.78 is 10.7. The fourth-order valence-corrected chi connectivity index (χ4v) is 3.43. The Kier molecular flexibility index (Phi) is 6.17. The second-order valence-electron chi connectivity index (χ2n) is 7.34. The van der Waals surface area contributed by atoms with Crippen molar-refractivity contribution < 1.29 is 14.3 Å². The van der Waals surface area contributed by atoms with Crippen LogP contribution in [-0.4, -0.2) is 36.3 Å². The van der Waals surface area contributed by atoms with E-state index in [2.05, 4.69) is 20.5 Å². The number of methoxy groups -OCH3 is 2. The molecule has 162 valence electrons. The van der Waals surface area contributed by atoms with E-state index in [0.717, 1.165) is 33.5 Å². The molecule has 32 heavy (non-hydrogen) atoms. The van der Waals surface area contributed by atoms with Gasteiger partial charge in [-0.2, -0.15) is 5.10 Å². The lowest BCUT2D eigenvalue weighted by Crippen LogP contribution is -2.17. The maximum atomic E-state index is 12.5. The van der Waals surface area contributed by atoms with E-state index in [-0.39, 0.29) is 5.91 Å². The molecule has 0 spiro atoms. The van der Waals surface area contributed by atoms with Gasteiger partial charge in [0, 0.05) is 12.0 Å². The molecule has 1 aromatic heterocycles. The van der Waals surface area contributed by atoms with Gasteiger partial charge in [-0.25, -0.2) is 10.4 Å². The molecule has 0 unspecified atom stereocenters. The number of hydrogen-bond donors (Lipinski definition) is 2. The van der Waals surface area contributed by atoms with Crippen LogP contribution in [0.5, 0.6) is 11.5 Å². The summed E-state index contributed by atoms with van der Waals surface area (Å²) in [5.74, 6) is 1.86. The summed E-state index contributed by atoms with van der Waals surface area (Å²) in [7, 11) is 3.22. The smallest absolute Gasteiger partial charge is 0.271 e. The summed E-state index contributed by atoms with van der Waals surface area (Å²) in [6, 6.07) is 18.9. The third-order valence-corrected chi connectivity index (χ3v) is 5.17. The van der Waals surface area contributed by atoms with Crippen LogP contribution in [0.2, 0.25) is 0 Å². The van der Waals surface area contributed by atoms with E-state index in [0.29, 0.717) is 23.5 Å². The van der Waals surface area contributed by atoms with Gasteiger partial charge >= 0.3 is 0 Å². The number of imidazole rings is 1. The Balaban J connectivity index is 1.48. The van der Waals surface area contributed by atoms with Crippen LogP contribution in [-0.2, 0) is 6.42 Å². The van der Waals surface area contributed by atoms with Crippen molar-refractivity contribution in [3.8, 4) is 11.5 Å². The molecule has 0 radical (unpaired) electrons. The van der Waals surface area contributed by atoms with Crippen LogP contribution >= 0.6 is 0 Å². The maximum Gasteiger partial charge on any atom is 0.271 e. The van der Waals surface area contributed by atoms with Gasteiger partial charge in [-0.3, -0.25) is 4.79 Å². The van der Waals surface area contributed by atoms with E-state index < -0.39 is 0 Å². The standard InChI is InChI=1S/C25H24N4O3/c1-16-6-4-5-7-19(16)15-26-29-25(30)18-9-10-20-21(14-18)28-24(27-20)13-17-8-11-22(31-2)23(12-17)32-3/h4-12,14-15H,13H2,1-3H3,(H,27,28)(H,29,30)/b26-15-. The van der Waals surface area contributed by atoms with Gasteiger partial charge in [0.25, 0.3) is 5.91 Å². The molecule has 0 saturated heterocycles. The number of aryl methyl sites for hydroxylation is 1. The van der Waals surface area contributed by atoms with Crippen LogP contribution in [0.15, 0.2) is 65.8 Å². The predicted octanol–water partition coefficient (Wildman–Crippen LogP) is 4.24. The molecule has 1 amide bonds. The van der Waals surface area contributed by atoms with E-state index in [1.807, 2.05) is 55.5 Å². The van der Waals surface area contributed by atoms with Crippen molar-refractivity contribution in [3.63, 3.8) is 0 Å². The number of carbonyl (C=O) groups is 1. The summed E-state index contributed by atoms with van der Waals surface area (Å²) in [6.07, 6.45) is 2.24. The number of benzene rings is 3. The lowest BCUT2D eigenvalue weighted by molar-refractivity contribution is 0.0955. The number of nitrogens with zero attached hydrogens (tertiary/aromatic N) is 2. The zero-order chi connectivity index (χ0) is 22.5. The van der Waals surface area contributed by atoms with E-state index >= 15 is 0 Å². The van der Waals surface area contributed by atoms with Crippen LogP contribution in [0.25, 0.3) is 11.0 Å². The van der Waals surface area contributed by atoms with Gasteiger partial charge in [0.05, 0.1) is 31.5 Å². The van der Waals surface area contributed by atoms with Gasteiger partial charge < -0.3 is 14.5 Å². The van der Waals surface area contributed by atoms with Crippen molar-refractivity contribution in [2.24, 2.45) is 5.10 Å². The Hall–Kier alpha value is -4.13. The average Bonchev–Trinajstić information content (AvgIpc) is 3.21. The highest BCUT2D eigenvalue weighted by atomic mass is 16.5. The normalized spacial score (nSPS) is 11.1. The van der Waals surface area contributed by atoms with Crippen molar-refractivity contribution in [2.75, 3.05) is 14.2 Å². The number of carbonyl (C=O) groups excluding carboxylic acids is 1. The summed E-state index contributed by atoms with van der Waals surface area (Å²) in [4.78, 5) is 20.4. The zero-order valence-electron chi connectivity index (χ0n) is 18.2. The monoisotopic (exact) mass is 428 g/mol. The molecule has 0 aliphatic carbocycles. The van der Waals surface area contributed by atoms with E-state index in [1.165, 1.54) is 0 Å². The molecular formula is C25H24N4O3. The van der Waals surface area contributed by atoms with Gasteiger partial charge in [-0.15, -0.1) is 0 Å². The molecule has 0 fully saturated rings. The van der Waals surface area contributed by atoms with Gasteiger partial charge in [0.1, 0.15) is 5.82 Å². The largest absolute Gasteiger partial charge is 0.493 e.